The monoisotopic (exact) mass is 203 g/mol. The Balaban J connectivity index is 2.55. The van der Waals surface area contributed by atoms with Gasteiger partial charge < -0.3 is 4.98 Å². The molecule has 2 rings (SSSR count). The number of hydrogen-bond acceptors (Lipinski definition) is 3. The minimum atomic E-state index is 0.665. The molecule has 0 spiro atoms. The summed E-state index contributed by atoms with van der Waals surface area (Å²) in [5, 5.41) is 0. The van der Waals surface area contributed by atoms with Crippen molar-refractivity contribution in [3.05, 3.63) is 40.8 Å². The Morgan fingerprint density at radius 3 is 2.71 bits per heavy atom. The van der Waals surface area contributed by atoms with Crippen LogP contribution < -0.4 is 0 Å². The van der Waals surface area contributed by atoms with Gasteiger partial charge in [0.05, 0.1) is 0 Å². The Labute approximate surface area is 86.9 Å². The molecule has 14 heavy (non-hydrogen) atoms. The van der Waals surface area contributed by atoms with Crippen LogP contribution in [0.2, 0.25) is 0 Å². The van der Waals surface area contributed by atoms with Gasteiger partial charge in [0.2, 0.25) is 0 Å². The van der Waals surface area contributed by atoms with Crippen LogP contribution in [0.3, 0.4) is 0 Å². The van der Waals surface area contributed by atoms with E-state index in [-0.39, 0.29) is 0 Å². The molecular weight excluding hydrogens is 194 g/mol. The third-order valence-electron chi connectivity index (χ3n) is 1.83. The van der Waals surface area contributed by atoms with Crippen LogP contribution in [-0.4, -0.2) is 15.0 Å². The molecule has 2 heterocycles. The van der Waals surface area contributed by atoms with Crippen LogP contribution in [0.4, 0.5) is 0 Å². The molecule has 0 aliphatic carbocycles. The van der Waals surface area contributed by atoms with Gasteiger partial charge >= 0.3 is 0 Å². The fourth-order valence-corrected chi connectivity index (χ4v) is 1.32. The number of H-pyrrole nitrogens is 1. The lowest BCUT2D eigenvalue weighted by atomic mass is 10.2. The zero-order chi connectivity index (χ0) is 9.97. The van der Waals surface area contributed by atoms with Crippen molar-refractivity contribution in [1.82, 2.24) is 15.0 Å². The maximum absolute atomic E-state index is 5.01. The van der Waals surface area contributed by atoms with E-state index >= 15 is 0 Å². The molecule has 0 amide bonds. The molecule has 4 heteroatoms. The maximum atomic E-state index is 5.01. The van der Waals surface area contributed by atoms with Crippen LogP contribution in [0.1, 0.15) is 5.56 Å². The molecule has 0 fully saturated rings. The summed E-state index contributed by atoms with van der Waals surface area (Å²) in [6, 6.07) is 5.66. The van der Waals surface area contributed by atoms with Gasteiger partial charge in [0.25, 0.3) is 0 Å². The molecule has 0 radical (unpaired) electrons. The average molecular weight is 203 g/mol. The molecule has 1 N–H and O–H groups in total. The molecule has 3 nitrogen and oxygen atoms in total. The SMILES string of the molecule is Cc1ccnc(-c2nccc(=S)[nH]2)c1. The van der Waals surface area contributed by atoms with Gasteiger partial charge in [-0.25, -0.2) is 4.98 Å². The highest BCUT2D eigenvalue weighted by atomic mass is 32.1. The van der Waals surface area contributed by atoms with Crippen molar-refractivity contribution >= 4 is 12.2 Å². The molecule has 0 saturated carbocycles. The molecule has 0 aliphatic rings. The molecule has 2 aromatic rings. The van der Waals surface area contributed by atoms with Gasteiger partial charge in [0.15, 0.2) is 5.82 Å². The minimum absolute atomic E-state index is 0.665. The van der Waals surface area contributed by atoms with Crippen LogP contribution in [0.5, 0.6) is 0 Å². The van der Waals surface area contributed by atoms with Crippen LogP contribution >= 0.6 is 12.2 Å². The highest BCUT2D eigenvalue weighted by Crippen LogP contribution is 2.11. The van der Waals surface area contributed by atoms with E-state index in [4.69, 9.17) is 12.2 Å². The van der Waals surface area contributed by atoms with Gasteiger partial charge in [-0.3, -0.25) is 4.98 Å². The van der Waals surface area contributed by atoms with E-state index in [1.54, 1.807) is 18.5 Å². The predicted octanol–water partition coefficient (Wildman–Crippen LogP) is 2.51. The summed E-state index contributed by atoms with van der Waals surface area (Å²) < 4.78 is 0.665. The Kier molecular flexibility index (Phi) is 2.37. The fourth-order valence-electron chi connectivity index (χ4n) is 1.17. The van der Waals surface area contributed by atoms with E-state index in [1.807, 2.05) is 19.1 Å². The third kappa shape index (κ3) is 1.85. The lowest BCUT2D eigenvalue weighted by molar-refractivity contribution is 1.12. The first kappa shape index (κ1) is 9.02. The highest BCUT2D eigenvalue weighted by molar-refractivity contribution is 7.71. The van der Waals surface area contributed by atoms with Crippen molar-refractivity contribution < 1.29 is 0 Å². The van der Waals surface area contributed by atoms with Gasteiger partial charge in [0, 0.05) is 12.4 Å². The molecule has 0 aliphatic heterocycles. The smallest absolute Gasteiger partial charge is 0.156 e. The Morgan fingerprint density at radius 2 is 2.00 bits per heavy atom. The van der Waals surface area contributed by atoms with Crippen molar-refractivity contribution in [2.75, 3.05) is 0 Å². The number of hydrogen-bond donors (Lipinski definition) is 1. The summed E-state index contributed by atoms with van der Waals surface area (Å²) in [4.78, 5) is 11.4. The van der Waals surface area contributed by atoms with Crippen molar-refractivity contribution in [2.24, 2.45) is 0 Å². The first-order valence-electron chi connectivity index (χ1n) is 4.24. The summed E-state index contributed by atoms with van der Waals surface area (Å²) >= 11 is 5.01. The highest BCUT2D eigenvalue weighted by Gasteiger charge is 1.99. The van der Waals surface area contributed by atoms with Crippen LogP contribution in [0.15, 0.2) is 30.6 Å². The van der Waals surface area contributed by atoms with Crippen LogP contribution in [0, 0.1) is 11.6 Å². The summed E-state index contributed by atoms with van der Waals surface area (Å²) in [5.41, 5.74) is 1.97. The molecule has 0 atom stereocenters. The number of aromatic nitrogens is 3. The van der Waals surface area contributed by atoms with Gasteiger partial charge in [-0.05, 0) is 30.7 Å². The van der Waals surface area contributed by atoms with E-state index < -0.39 is 0 Å². The molecule has 70 valence electrons. The minimum Gasteiger partial charge on any atom is -0.329 e. The van der Waals surface area contributed by atoms with Crippen LogP contribution in [0.25, 0.3) is 11.5 Å². The fraction of sp³-hybridized carbons (Fsp3) is 0.100. The van der Waals surface area contributed by atoms with Gasteiger partial charge in [0.1, 0.15) is 10.3 Å². The summed E-state index contributed by atoms with van der Waals surface area (Å²) in [7, 11) is 0. The number of pyridine rings is 1. The topological polar surface area (TPSA) is 41.6 Å². The lowest BCUT2D eigenvalue weighted by Crippen LogP contribution is -1.91. The zero-order valence-electron chi connectivity index (χ0n) is 7.69. The lowest BCUT2D eigenvalue weighted by Gasteiger charge is -1.99. The summed E-state index contributed by atoms with van der Waals surface area (Å²) in [6.07, 6.45) is 3.44. The number of aryl methyl sites for hydroxylation is 1. The van der Waals surface area contributed by atoms with E-state index in [0.717, 1.165) is 11.3 Å². The number of rotatable bonds is 1. The van der Waals surface area contributed by atoms with Crippen molar-refractivity contribution in [3.8, 4) is 11.5 Å². The molecule has 0 bridgehead atoms. The second-order valence-electron chi connectivity index (χ2n) is 3.00. The summed E-state index contributed by atoms with van der Waals surface area (Å²) in [6.45, 7) is 2.02. The van der Waals surface area contributed by atoms with Crippen molar-refractivity contribution in [3.63, 3.8) is 0 Å². The van der Waals surface area contributed by atoms with Gasteiger partial charge in [-0.15, -0.1) is 0 Å². The predicted molar refractivity (Wildman–Crippen MR) is 57.4 cm³/mol. The number of nitrogens with zero attached hydrogens (tertiary/aromatic N) is 2. The standard InChI is InChI=1S/C10H9N3S/c1-7-2-4-11-8(6-7)10-12-5-3-9(14)13-10/h2-6H,1H3,(H,12,13,14). The van der Waals surface area contributed by atoms with Crippen molar-refractivity contribution in [2.45, 2.75) is 6.92 Å². The third-order valence-corrected chi connectivity index (χ3v) is 2.07. The van der Waals surface area contributed by atoms with E-state index in [9.17, 15) is 0 Å². The first-order chi connectivity index (χ1) is 6.75. The number of aromatic amines is 1. The first-order valence-corrected chi connectivity index (χ1v) is 4.65. The van der Waals surface area contributed by atoms with E-state index in [0.29, 0.717) is 10.5 Å². The van der Waals surface area contributed by atoms with Gasteiger partial charge in [-0.2, -0.15) is 0 Å². The van der Waals surface area contributed by atoms with E-state index in [2.05, 4.69) is 15.0 Å². The average Bonchev–Trinajstić information content (AvgIpc) is 2.18. The quantitative estimate of drug-likeness (QED) is 0.724. The van der Waals surface area contributed by atoms with Crippen LogP contribution in [-0.2, 0) is 0 Å². The molecule has 0 aromatic carbocycles. The molecule has 0 saturated heterocycles. The molecule has 2 aromatic heterocycles. The Morgan fingerprint density at radius 1 is 1.21 bits per heavy atom. The normalized spacial score (nSPS) is 10.1. The Hall–Kier alpha value is -1.55. The summed E-state index contributed by atoms with van der Waals surface area (Å²) in [5.74, 6) is 0.709. The van der Waals surface area contributed by atoms with Gasteiger partial charge in [-0.1, -0.05) is 12.2 Å². The number of nitrogens with one attached hydrogen (secondary N) is 1. The second-order valence-corrected chi connectivity index (χ2v) is 3.44. The largest absolute Gasteiger partial charge is 0.329 e. The zero-order valence-corrected chi connectivity index (χ0v) is 8.51. The Bertz CT molecular complexity index is 504. The molecule has 0 unspecified atom stereocenters. The maximum Gasteiger partial charge on any atom is 0.156 e. The van der Waals surface area contributed by atoms with E-state index in [1.165, 1.54) is 0 Å². The second kappa shape index (κ2) is 3.67. The molecular formula is C10H9N3S. The van der Waals surface area contributed by atoms with Crippen molar-refractivity contribution in [1.29, 1.82) is 0 Å².